The number of nitrogens with zero attached hydrogens (tertiary/aromatic N) is 4. The lowest BCUT2D eigenvalue weighted by Crippen LogP contribution is -2.43. The molecule has 1 saturated heterocycles. The maximum Gasteiger partial charge on any atom is 0.330 e. The van der Waals surface area contributed by atoms with Crippen molar-refractivity contribution in [1.82, 2.24) is 15.1 Å². The molecule has 7 heteroatoms. The summed E-state index contributed by atoms with van der Waals surface area (Å²) >= 11 is 0. The normalized spacial score (nSPS) is 20.4. The molecule has 0 spiro atoms. The molecular weight excluding hydrogens is 258 g/mol. The van der Waals surface area contributed by atoms with Gasteiger partial charge in [0, 0.05) is 26.2 Å². The summed E-state index contributed by atoms with van der Waals surface area (Å²) in [5, 5.41) is 18.9. The maximum atomic E-state index is 11.0. The van der Waals surface area contributed by atoms with Crippen LogP contribution in [0.25, 0.3) is 0 Å². The Hall–Kier alpha value is -1.63. The monoisotopic (exact) mass is 279 g/mol. The highest BCUT2D eigenvalue weighted by Crippen LogP contribution is 2.30. The quantitative estimate of drug-likeness (QED) is 0.649. The Morgan fingerprint density at radius 3 is 2.70 bits per heavy atom. The van der Waals surface area contributed by atoms with Crippen LogP contribution in [0.2, 0.25) is 0 Å². The summed E-state index contributed by atoms with van der Waals surface area (Å²) in [6.45, 7) is 2.80. The number of rotatable bonds is 5. The Kier molecular flexibility index (Phi) is 3.60. The van der Waals surface area contributed by atoms with Crippen LogP contribution in [0.1, 0.15) is 25.7 Å². The summed E-state index contributed by atoms with van der Waals surface area (Å²) in [7, 11) is 1.72. The number of hydrogen-bond donors (Lipinski definition) is 1. The van der Waals surface area contributed by atoms with Crippen LogP contribution < -0.4 is 10.2 Å². The number of nitro groups is 1. The Labute approximate surface area is 118 Å². The molecule has 3 rings (SSSR count). The molecule has 0 bridgehead atoms. The Morgan fingerprint density at radius 1 is 1.40 bits per heavy atom. The molecule has 0 amide bonds. The third kappa shape index (κ3) is 2.92. The van der Waals surface area contributed by atoms with Gasteiger partial charge in [-0.15, -0.1) is 5.10 Å². The molecule has 110 valence electrons. The summed E-state index contributed by atoms with van der Waals surface area (Å²) in [5.41, 5.74) is 0.108. The van der Waals surface area contributed by atoms with E-state index < -0.39 is 0 Å². The summed E-state index contributed by atoms with van der Waals surface area (Å²) in [4.78, 5) is 12.7. The lowest BCUT2D eigenvalue weighted by Gasteiger charge is -2.32. The molecule has 1 aromatic rings. The van der Waals surface area contributed by atoms with E-state index in [4.69, 9.17) is 0 Å². The zero-order chi connectivity index (χ0) is 14.1. The van der Waals surface area contributed by atoms with Gasteiger partial charge in [-0.2, -0.15) is 0 Å². The average Bonchev–Trinajstić information content (AvgIpc) is 3.18. The third-order valence-corrected chi connectivity index (χ3v) is 4.17. The zero-order valence-corrected chi connectivity index (χ0v) is 11.8. The third-order valence-electron chi connectivity index (χ3n) is 4.17. The van der Waals surface area contributed by atoms with Crippen LogP contribution in [0.3, 0.4) is 0 Å². The molecule has 0 radical (unpaired) electrons. The summed E-state index contributed by atoms with van der Waals surface area (Å²) in [6.07, 6.45) is 6.27. The predicted molar refractivity (Wildman–Crippen MR) is 75.8 cm³/mol. The first kappa shape index (κ1) is 13.4. The smallest absolute Gasteiger partial charge is 0.330 e. The van der Waals surface area contributed by atoms with Gasteiger partial charge in [0.25, 0.3) is 0 Å². The van der Waals surface area contributed by atoms with Crippen LogP contribution in [0, 0.1) is 16.0 Å². The van der Waals surface area contributed by atoms with Crippen molar-refractivity contribution in [1.29, 1.82) is 0 Å². The van der Waals surface area contributed by atoms with Gasteiger partial charge >= 0.3 is 5.69 Å². The van der Waals surface area contributed by atoms with Crippen LogP contribution in [-0.4, -0.2) is 40.4 Å². The van der Waals surface area contributed by atoms with Crippen LogP contribution in [0.5, 0.6) is 0 Å². The molecule has 2 aliphatic rings. The molecule has 1 saturated carbocycles. The largest absolute Gasteiger partial charge is 0.349 e. The first-order chi connectivity index (χ1) is 9.63. The van der Waals surface area contributed by atoms with E-state index in [0.29, 0.717) is 11.9 Å². The van der Waals surface area contributed by atoms with E-state index in [9.17, 15) is 10.1 Å². The minimum absolute atomic E-state index is 0.108. The highest BCUT2D eigenvalue weighted by molar-refractivity contribution is 5.57. The molecule has 0 unspecified atom stereocenters. The standard InChI is InChI=1S/C13H21N5O2/c1-16-9-12(18(19)20)13(15-16)17-6-4-11(5-7-17)14-8-10-2-3-10/h9-11,14H,2-8H2,1H3. The summed E-state index contributed by atoms with van der Waals surface area (Å²) < 4.78 is 1.52. The Balaban J connectivity index is 1.58. The van der Waals surface area contributed by atoms with Crippen molar-refractivity contribution in [3.8, 4) is 0 Å². The van der Waals surface area contributed by atoms with E-state index in [1.165, 1.54) is 23.7 Å². The van der Waals surface area contributed by atoms with Gasteiger partial charge in [0.1, 0.15) is 6.20 Å². The average molecular weight is 279 g/mol. The molecule has 20 heavy (non-hydrogen) atoms. The van der Waals surface area contributed by atoms with E-state index in [0.717, 1.165) is 38.4 Å². The first-order valence-corrected chi connectivity index (χ1v) is 7.30. The van der Waals surface area contributed by atoms with E-state index >= 15 is 0 Å². The molecule has 1 aromatic heterocycles. The van der Waals surface area contributed by atoms with Crippen LogP contribution in [0.15, 0.2) is 6.20 Å². The van der Waals surface area contributed by atoms with Crippen LogP contribution >= 0.6 is 0 Å². The zero-order valence-electron chi connectivity index (χ0n) is 11.8. The lowest BCUT2D eigenvalue weighted by molar-refractivity contribution is -0.384. The van der Waals surface area contributed by atoms with Gasteiger partial charge in [-0.1, -0.05) is 0 Å². The second-order valence-corrected chi connectivity index (χ2v) is 5.88. The minimum Gasteiger partial charge on any atom is -0.349 e. The van der Waals surface area contributed by atoms with E-state index in [-0.39, 0.29) is 10.6 Å². The number of nitrogens with one attached hydrogen (secondary N) is 1. The number of piperidine rings is 1. The van der Waals surface area contributed by atoms with Gasteiger partial charge in [0.2, 0.25) is 5.82 Å². The maximum absolute atomic E-state index is 11.0. The van der Waals surface area contributed by atoms with Crippen molar-refractivity contribution in [2.24, 2.45) is 13.0 Å². The molecule has 0 atom stereocenters. The molecule has 1 aliphatic carbocycles. The predicted octanol–water partition coefficient (Wildman–Crippen LogP) is 1.30. The van der Waals surface area contributed by atoms with Crippen LogP contribution in [0.4, 0.5) is 11.5 Å². The van der Waals surface area contributed by atoms with Gasteiger partial charge in [-0.3, -0.25) is 14.8 Å². The SMILES string of the molecule is Cn1cc([N+](=O)[O-])c(N2CCC(NCC3CC3)CC2)n1. The van der Waals surface area contributed by atoms with Crippen molar-refractivity contribution >= 4 is 11.5 Å². The number of aryl methyl sites for hydroxylation is 1. The molecule has 7 nitrogen and oxygen atoms in total. The Morgan fingerprint density at radius 2 is 2.10 bits per heavy atom. The number of aromatic nitrogens is 2. The molecule has 0 aromatic carbocycles. The summed E-state index contributed by atoms with van der Waals surface area (Å²) in [6, 6.07) is 0.551. The fourth-order valence-electron chi connectivity index (χ4n) is 2.77. The molecule has 1 aliphatic heterocycles. The highest BCUT2D eigenvalue weighted by atomic mass is 16.6. The van der Waals surface area contributed by atoms with E-state index in [1.54, 1.807) is 7.05 Å². The highest BCUT2D eigenvalue weighted by Gasteiger charge is 2.29. The van der Waals surface area contributed by atoms with Gasteiger partial charge in [0.15, 0.2) is 0 Å². The topological polar surface area (TPSA) is 76.2 Å². The summed E-state index contributed by atoms with van der Waals surface area (Å²) in [5.74, 6) is 1.41. The molecule has 2 heterocycles. The number of anilines is 1. The fraction of sp³-hybridized carbons (Fsp3) is 0.769. The van der Waals surface area contributed by atoms with Crippen molar-refractivity contribution in [2.45, 2.75) is 31.7 Å². The van der Waals surface area contributed by atoms with Crippen molar-refractivity contribution in [3.63, 3.8) is 0 Å². The van der Waals surface area contributed by atoms with Crippen LogP contribution in [-0.2, 0) is 7.05 Å². The lowest BCUT2D eigenvalue weighted by atomic mass is 10.0. The van der Waals surface area contributed by atoms with E-state index in [2.05, 4.69) is 10.4 Å². The second kappa shape index (κ2) is 5.40. The Bertz CT molecular complexity index is 489. The van der Waals surface area contributed by atoms with Gasteiger partial charge < -0.3 is 10.2 Å². The van der Waals surface area contributed by atoms with E-state index in [1.807, 2.05) is 4.90 Å². The first-order valence-electron chi connectivity index (χ1n) is 7.30. The minimum atomic E-state index is -0.347. The number of hydrogen-bond acceptors (Lipinski definition) is 5. The van der Waals surface area contributed by atoms with Gasteiger partial charge in [-0.25, -0.2) is 0 Å². The second-order valence-electron chi connectivity index (χ2n) is 5.88. The van der Waals surface area contributed by atoms with Crippen molar-refractivity contribution < 1.29 is 4.92 Å². The van der Waals surface area contributed by atoms with Crippen molar-refractivity contribution in [2.75, 3.05) is 24.5 Å². The fourth-order valence-corrected chi connectivity index (χ4v) is 2.77. The molecular formula is C13H21N5O2. The van der Waals surface area contributed by atoms with Gasteiger partial charge in [0.05, 0.1) is 4.92 Å². The van der Waals surface area contributed by atoms with Crippen molar-refractivity contribution in [3.05, 3.63) is 16.3 Å². The molecule has 1 N–H and O–H groups in total. The molecule has 2 fully saturated rings. The van der Waals surface area contributed by atoms with Gasteiger partial charge in [-0.05, 0) is 38.1 Å².